The first-order valence-electron chi connectivity index (χ1n) is 10.7. The van der Waals surface area contributed by atoms with Gasteiger partial charge in [-0.25, -0.2) is 8.42 Å². The van der Waals surface area contributed by atoms with Crippen LogP contribution >= 0.6 is 0 Å². The Morgan fingerprint density at radius 3 is 1.97 bits per heavy atom. The van der Waals surface area contributed by atoms with E-state index in [4.69, 9.17) is 0 Å². The third-order valence-corrected chi connectivity index (χ3v) is 7.44. The molecule has 1 heterocycles. The second kappa shape index (κ2) is 9.87. The van der Waals surface area contributed by atoms with E-state index in [0.29, 0.717) is 37.4 Å². The zero-order chi connectivity index (χ0) is 23.3. The smallest absolute Gasteiger partial charge is 0.264 e. The molecule has 0 atom stereocenters. The molecule has 1 saturated heterocycles. The highest BCUT2D eigenvalue weighted by Gasteiger charge is 2.25. The molecule has 0 N–H and O–H groups in total. The Labute approximate surface area is 193 Å². The first-order valence-corrected chi connectivity index (χ1v) is 12.1. The first kappa shape index (κ1) is 22.5. The number of piperazine rings is 1. The van der Waals surface area contributed by atoms with E-state index in [1.54, 1.807) is 88.7 Å². The highest BCUT2D eigenvalue weighted by molar-refractivity contribution is 7.92. The fourth-order valence-corrected chi connectivity index (χ4v) is 5.23. The molecule has 8 heteroatoms. The Hall–Kier alpha value is -3.65. The highest BCUT2D eigenvalue weighted by atomic mass is 32.2. The molecule has 0 unspecified atom stereocenters. The summed E-state index contributed by atoms with van der Waals surface area (Å²) in [5.41, 5.74) is 1.87. The van der Waals surface area contributed by atoms with Crippen molar-refractivity contribution in [3.05, 3.63) is 96.1 Å². The summed E-state index contributed by atoms with van der Waals surface area (Å²) >= 11 is 0. The zero-order valence-electron chi connectivity index (χ0n) is 18.1. The minimum atomic E-state index is -3.78. The molecule has 7 nitrogen and oxygen atoms in total. The standard InChI is InChI=1S/C25H25N3O4S/c29-20-26-15-17-27(18-16-26)25(30)22-13-11-21(12-14-22)19-28(23-7-3-1-4-8-23)33(31,32)24-9-5-2-6-10-24/h1-14,20H,15-19H2. The van der Waals surface area contributed by atoms with Gasteiger partial charge in [0.2, 0.25) is 6.41 Å². The molecular formula is C25H25N3O4S. The molecule has 2 amide bonds. The third kappa shape index (κ3) is 5.06. The Bertz CT molecular complexity index is 1190. The Balaban J connectivity index is 1.55. The monoisotopic (exact) mass is 463 g/mol. The molecule has 0 aliphatic carbocycles. The zero-order valence-corrected chi connectivity index (χ0v) is 18.9. The van der Waals surface area contributed by atoms with Crippen molar-refractivity contribution in [1.29, 1.82) is 0 Å². The van der Waals surface area contributed by atoms with Crippen molar-refractivity contribution in [2.75, 3.05) is 30.5 Å². The predicted molar refractivity (Wildman–Crippen MR) is 126 cm³/mol. The van der Waals surface area contributed by atoms with E-state index in [9.17, 15) is 18.0 Å². The van der Waals surface area contributed by atoms with E-state index >= 15 is 0 Å². The average molecular weight is 464 g/mol. The van der Waals surface area contributed by atoms with Gasteiger partial charge >= 0.3 is 0 Å². The molecule has 170 valence electrons. The molecule has 0 radical (unpaired) electrons. The fourth-order valence-electron chi connectivity index (χ4n) is 3.76. The number of nitrogens with zero attached hydrogens (tertiary/aromatic N) is 3. The van der Waals surface area contributed by atoms with Gasteiger partial charge in [0.15, 0.2) is 0 Å². The summed E-state index contributed by atoms with van der Waals surface area (Å²) in [6.45, 7) is 2.17. The SMILES string of the molecule is O=CN1CCN(C(=O)c2ccc(CN(c3ccccc3)S(=O)(=O)c3ccccc3)cc2)CC1. The average Bonchev–Trinajstić information content (AvgIpc) is 2.88. The first-order chi connectivity index (χ1) is 16.0. The number of rotatable bonds is 7. The van der Waals surface area contributed by atoms with Gasteiger partial charge in [0.25, 0.3) is 15.9 Å². The number of benzene rings is 3. The van der Waals surface area contributed by atoms with Crippen molar-refractivity contribution in [2.45, 2.75) is 11.4 Å². The third-order valence-electron chi connectivity index (χ3n) is 5.65. The predicted octanol–water partition coefficient (Wildman–Crippen LogP) is 3.00. The topological polar surface area (TPSA) is 78.0 Å². The van der Waals surface area contributed by atoms with Gasteiger partial charge < -0.3 is 9.80 Å². The Morgan fingerprint density at radius 1 is 0.818 bits per heavy atom. The molecule has 1 aliphatic rings. The number of para-hydroxylation sites is 1. The number of carbonyl (C=O) groups excluding carboxylic acids is 2. The summed E-state index contributed by atoms with van der Waals surface area (Å²) in [4.78, 5) is 27.3. The summed E-state index contributed by atoms with van der Waals surface area (Å²) in [6.07, 6.45) is 0.804. The van der Waals surface area contributed by atoms with E-state index in [1.807, 2.05) is 6.07 Å². The van der Waals surface area contributed by atoms with Crippen LogP contribution in [-0.2, 0) is 21.4 Å². The van der Waals surface area contributed by atoms with E-state index < -0.39 is 10.0 Å². The minimum absolute atomic E-state index is 0.0936. The van der Waals surface area contributed by atoms with Crippen molar-refractivity contribution in [1.82, 2.24) is 9.80 Å². The number of anilines is 1. The molecule has 0 saturated carbocycles. The fraction of sp³-hybridized carbons (Fsp3) is 0.200. The molecule has 0 spiro atoms. The molecule has 3 aromatic carbocycles. The number of amides is 2. The maximum Gasteiger partial charge on any atom is 0.264 e. The van der Waals surface area contributed by atoms with Crippen LogP contribution in [0, 0.1) is 0 Å². The van der Waals surface area contributed by atoms with E-state index in [0.717, 1.165) is 12.0 Å². The van der Waals surface area contributed by atoms with Crippen LogP contribution in [0.15, 0.2) is 89.8 Å². The van der Waals surface area contributed by atoms with Gasteiger partial charge in [0.05, 0.1) is 17.1 Å². The largest absolute Gasteiger partial charge is 0.342 e. The lowest BCUT2D eigenvalue weighted by atomic mass is 10.1. The minimum Gasteiger partial charge on any atom is -0.342 e. The summed E-state index contributed by atoms with van der Waals surface area (Å²) in [5, 5.41) is 0. The van der Waals surface area contributed by atoms with Crippen LogP contribution in [0.1, 0.15) is 15.9 Å². The summed E-state index contributed by atoms with van der Waals surface area (Å²) in [7, 11) is -3.78. The van der Waals surface area contributed by atoms with Gasteiger partial charge in [-0.1, -0.05) is 48.5 Å². The summed E-state index contributed by atoms with van der Waals surface area (Å²) in [5.74, 6) is -0.0936. The van der Waals surface area contributed by atoms with Crippen LogP contribution in [0.5, 0.6) is 0 Å². The maximum absolute atomic E-state index is 13.4. The van der Waals surface area contributed by atoms with Crippen LogP contribution in [0.3, 0.4) is 0 Å². The molecule has 0 aromatic heterocycles. The van der Waals surface area contributed by atoms with Gasteiger partial charge in [-0.05, 0) is 42.0 Å². The van der Waals surface area contributed by atoms with E-state index in [1.165, 1.54) is 4.31 Å². The van der Waals surface area contributed by atoms with Crippen molar-refractivity contribution in [2.24, 2.45) is 0 Å². The lowest BCUT2D eigenvalue weighted by Gasteiger charge is -2.32. The van der Waals surface area contributed by atoms with Crippen molar-refractivity contribution in [3.63, 3.8) is 0 Å². The van der Waals surface area contributed by atoms with Gasteiger partial charge in [-0.2, -0.15) is 0 Å². The maximum atomic E-state index is 13.4. The van der Waals surface area contributed by atoms with Crippen LogP contribution in [0.2, 0.25) is 0 Å². The second-order valence-electron chi connectivity index (χ2n) is 7.79. The molecular weight excluding hydrogens is 438 g/mol. The molecule has 1 fully saturated rings. The Kier molecular flexibility index (Phi) is 6.74. The summed E-state index contributed by atoms with van der Waals surface area (Å²) in [6, 6.07) is 24.3. The number of hydrogen-bond acceptors (Lipinski definition) is 4. The molecule has 0 bridgehead atoms. The Morgan fingerprint density at radius 2 is 1.39 bits per heavy atom. The van der Waals surface area contributed by atoms with Crippen LogP contribution in [0.25, 0.3) is 0 Å². The van der Waals surface area contributed by atoms with Gasteiger partial charge in [-0.3, -0.25) is 13.9 Å². The molecule has 1 aliphatic heterocycles. The number of carbonyl (C=O) groups is 2. The summed E-state index contributed by atoms with van der Waals surface area (Å²) < 4.78 is 28.2. The van der Waals surface area contributed by atoms with Gasteiger partial charge in [-0.15, -0.1) is 0 Å². The number of sulfonamides is 1. The van der Waals surface area contributed by atoms with Gasteiger partial charge in [0.1, 0.15) is 0 Å². The van der Waals surface area contributed by atoms with Crippen LogP contribution < -0.4 is 4.31 Å². The molecule has 33 heavy (non-hydrogen) atoms. The highest BCUT2D eigenvalue weighted by Crippen LogP contribution is 2.26. The second-order valence-corrected chi connectivity index (χ2v) is 9.65. The molecule has 4 rings (SSSR count). The molecule has 3 aromatic rings. The lowest BCUT2D eigenvalue weighted by molar-refractivity contribution is -0.119. The van der Waals surface area contributed by atoms with Gasteiger partial charge in [0, 0.05) is 31.7 Å². The van der Waals surface area contributed by atoms with Crippen molar-refractivity contribution in [3.8, 4) is 0 Å². The quantitative estimate of drug-likeness (QED) is 0.505. The normalized spacial score (nSPS) is 14.1. The number of hydrogen-bond donors (Lipinski definition) is 0. The van der Waals surface area contributed by atoms with Crippen LogP contribution in [0.4, 0.5) is 5.69 Å². The lowest BCUT2D eigenvalue weighted by Crippen LogP contribution is -2.48. The van der Waals surface area contributed by atoms with Crippen LogP contribution in [-0.4, -0.2) is 56.7 Å². The van der Waals surface area contributed by atoms with E-state index in [-0.39, 0.29) is 17.3 Å². The van der Waals surface area contributed by atoms with E-state index in [2.05, 4.69) is 0 Å². The van der Waals surface area contributed by atoms with Crippen molar-refractivity contribution < 1.29 is 18.0 Å². The van der Waals surface area contributed by atoms with Crippen molar-refractivity contribution >= 4 is 28.0 Å².